The van der Waals surface area contributed by atoms with Crippen LogP contribution in [0.25, 0.3) is 0 Å². The number of methoxy groups -OCH3 is 1. The van der Waals surface area contributed by atoms with Gasteiger partial charge >= 0.3 is 0 Å². The number of nitrogens with one attached hydrogen (secondary N) is 2. The van der Waals surface area contributed by atoms with Crippen molar-refractivity contribution in [3.63, 3.8) is 0 Å². The molecular weight excluding hydrogens is 312 g/mol. The summed E-state index contributed by atoms with van der Waals surface area (Å²) in [6.45, 7) is 0. The Labute approximate surface area is 118 Å². The van der Waals surface area contributed by atoms with Gasteiger partial charge in [-0.15, -0.1) is 0 Å². The second kappa shape index (κ2) is 6.14. The van der Waals surface area contributed by atoms with Crippen LogP contribution in [0.4, 0.5) is 0 Å². The number of rotatable bonds is 4. The average molecular weight is 323 g/mol. The Hall–Kier alpha value is -2.15. The number of hydrogen-bond donors (Lipinski definition) is 2. The normalized spacial score (nSPS) is 10.6. The van der Waals surface area contributed by atoms with E-state index in [4.69, 9.17) is 4.74 Å². The highest BCUT2D eigenvalue weighted by atomic mass is 79.9. The van der Waals surface area contributed by atoms with E-state index < -0.39 is 0 Å². The second-order valence-corrected chi connectivity index (χ2v) is 4.39. The van der Waals surface area contributed by atoms with E-state index in [2.05, 4.69) is 36.7 Å². The number of carbonyl (C=O) groups excluding carboxylic acids is 1. The van der Waals surface area contributed by atoms with Crippen molar-refractivity contribution in [2.75, 3.05) is 7.11 Å². The van der Waals surface area contributed by atoms with Gasteiger partial charge in [-0.25, -0.2) is 5.43 Å². The lowest BCUT2D eigenvalue weighted by atomic mass is 10.2. The van der Waals surface area contributed by atoms with Crippen LogP contribution in [0, 0.1) is 0 Å². The van der Waals surface area contributed by atoms with Crippen molar-refractivity contribution >= 4 is 28.1 Å². The van der Waals surface area contributed by atoms with Crippen LogP contribution in [0.15, 0.2) is 40.0 Å². The van der Waals surface area contributed by atoms with Crippen LogP contribution in [0.2, 0.25) is 0 Å². The molecule has 0 aliphatic rings. The smallest absolute Gasteiger partial charge is 0.290 e. The van der Waals surface area contributed by atoms with E-state index in [0.717, 1.165) is 5.56 Å². The monoisotopic (exact) mass is 322 g/mol. The molecule has 0 saturated heterocycles. The summed E-state index contributed by atoms with van der Waals surface area (Å²) in [7, 11) is 1.58. The van der Waals surface area contributed by atoms with Crippen molar-refractivity contribution in [1.29, 1.82) is 0 Å². The topological polar surface area (TPSA) is 79.4 Å². The van der Waals surface area contributed by atoms with Crippen molar-refractivity contribution in [1.82, 2.24) is 15.6 Å². The summed E-state index contributed by atoms with van der Waals surface area (Å²) in [6, 6.07) is 7.36. The molecule has 19 heavy (non-hydrogen) atoms. The highest BCUT2D eigenvalue weighted by Crippen LogP contribution is 2.15. The van der Waals surface area contributed by atoms with E-state index in [-0.39, 0.29) is 5.91 Å². The molecule has 98 valence electrons. The molecule has 1 aromatic carbocycles. The summed E-state index contributed by atoms with van der Waals surface area (Å²) in [5, 5.41) is 10.2. The van der Waals surface area contributed by atoms with Gasteiger partial charge in [-0.2, -0.15) is 10.2 Å². The average Bonchev–Trinajstić information content (AvgIpc) is 2.85. The predicted molar refractivity (Wildman–Crippen MR) is 74.3 cm³/mol. The first-order valence-corrected chi connectivity index (χ1v) is 6.17. The Kier molecular flexibility index (Phi) is 4.30. The van der Waals surface area contributed by atoms with Crippen LogP contribution in [0.5, 0.6) is 5.75 Å². The minimum atomic E-state index is -0.379. The summed E-state index contributed by atoms with van der Waals surface area (Å²) < 4.78 is 5.75. The number of aromatic nitrogens is 2. The molecule has 7 heteroatoms. The molecule has 0 atom stereocenters. The maximum absolute atomic E-state index is 11.7. The molecule has 2 aromatic rings. The highest BCUT2D eigenvalue weighted by Gasteiger charge is 2.10. The third-order valence-corrected chi connectivity index (χ3v) is 2.93. The molecular formula is C12H11BrN4O2. The Morgan fingerprint density at radius 1 is 1.53 bits per heavy atom. The van der Waals surface area contributed by atoms with Crippen LogP contribution in [0.1, 0.15) is 16.1 Å². The molecule has 0 fully saturated rings. The molecule has 0 bridgehead atoms. The molecule has 2 N–H and O–H groups in total. The molecule has 1 heterocycles. The Balaban J connectivity index is 2.04. The quantitative estimate of drug-likeness (QED) is 0.667. The predicted octanol–water partition coefficient (Wildman–Crippen LogP) is 1.94. The number of hydrogen-bond acceptors (Lipinski definition) is 4. The van der Waals surface area contributed by atoms with Crippen LogP contribution < -0.4 is 10.2 Å². The fraction of sp³-hybridized carbons (Fsp3) is 0.0833. The fourth-order valence-electron chi connectivity index (χ4n) is 1.42. The van der Waals surface area contributed by atoms with Crippen LogP contribution >= 0.6 is 15.9 Å². The molecule has 1 amide bonds. The molecule has 0 spiro atoms. The van der Waals surface area contributed by atoms with Crippen molar-refractivity contribution in [2.24, 2.45) is 5.10 Å². The van der Waals surface area contributed by atoms with Gasteiger partial charge in [0.05, 0.1) is 24.0 Å². The van der Waals surface area contributed by atoms with E-state index in [1.165, 1.54) is 12.4 Å². The summed E-state index contributed by atoms with van der Waals surface area (Å²) in [5.41, 5.74) is 3.49. The number of carbonyl (C=O) groups is 1. The maximum Gasteiger partial charge on any atom is 0.290 e. The lowest BCUT2D eigenvalue weighted by Gasteiger charge is -2.02. The number of halogens is 1. The zero-order valence-corrected chi connectivity index (χ0v) is 11.6. The zero-order valence-electron chi connectivity index (χ0n) is 10.1. The van der Waals surface area contributed by atoms with Crippen molar-refractivity contribution in [3.05, 3.63) is 46.2 Å². The van der Waals surface area contributed by atoms with E-state index in [0.29, 0.717) is 15.9 Å². The van der Waals surface area contributed by atoms with Crippen molar-refractivity contribution in [2.45, 2.75) is 0 Å². The summed E-state index contributed by atoms with van der Waals surface area (Å²) in [6.07, 6.45) is 3.01. The van der Waals surface area contributed by atoms with Gasteiger partial charge < -0.3 is 4.74 Å². The van der Waals surface area contributed by atoms with Gasteiger partial charge in [0.25, 0.3) is 5.91 Å². The number of hydrazone groups is 1. The number of benzene rings is 1. The van der Waals surface area contributed by atoms with Crippen molar-refractivity contribution < 1.29 is 9.53 Å². The van der Waals surface area contributed by atoms with Gasteiger partial charge in [-0.3, -0.25) is 9.89 Å². The van der Waals surface area contributed by atoms with Gasteiger partial charge in [0.1, 0.15) is 11.4 Å². The van der Waals surface area contributed by atoms with E-state index >= 15 is 0 Å². The first-order chi connectivity index (χ1) is 9.22. The molecule has 0 saturated carbocycles. The van der Waals surface area contributed by atoms with Crippen molar-refractivity contribution in [3.8, 4) is 5.75 Å². The van der Waals surface area contributed by atoms with Gasteiger partial charge in [-0.05, 0) is 28.1 Å². The SMILES string of the molecule is COc1ccccc1/C=N\NC(=O)c1[nH]ncc1Br. The number of amides is 1. The Bertz CT molecular complexity index is 609. The second-order valence-electron chi connectivity index (χ2n) is 3.53. The highest BCUT2D eigenvalue weighted by molar-refractivity contribution is 9.10. The molecule has 6 nitrogen and oxygen atoms in total. The minimum Gasteiger partial charge on any atom is -0.496 e. The number of ether oxygens (including phenoxy) is 1. The number of H-pyrrole nitrogens is 1. The van der Waals surface area contributed by atoms with Gasteiger partial charge in [0, 0.05) is 5.56 Å². The summed E-state index contributed by atoms with van der Waals surface area (Å²) in [5.74, 6) is 0.304. The number of aromatic amines is 1. The molecule has 0 aliphatic heterocycles. The van der Waals surface area contributed by atoms with E-state index in [9.17, 15) is 4.79 Å². The fourth-order valence-corrected chi connectivity index (χ4v) is 1.79. The number of nitrogens with zero attached hydrogens (tertiary/aromatic N) is 2. The summed E-state index contributed by atoms with van der Waals surface area (Å²) in [4.78, 5) is 11.7. The third kappa shape index (κ3) is 3.19. The summed E-state index contributed by atoms with van der Waals surface area (Å²) >= 11 is 3.20. The largest absolute Gasteiger partial charge is 0.496 e. The molecule has 0 aliphatic carbocycles. The van der Waals surface area contributed by atoms with Crippen LogP contribution in [0.3, 0.4) is 0 Å². The third-order valence-electron chi connectivity index (χ3n) is 2.33. The first kappa shape index (κ1) is 13.3. The maximum atomic E-state index is 11.7. The molecule has 1 aromatic heterocycles. The molecule has 2 rings (SSSR count). The van der Waals surface area contributed by atoms with Crippen LogP contribution in [-0.4, -0.2) is 29.4 Å². The Morgan fingerprint density at radius 3 is 3.00 bits per heavy atom. The van der Waals surface area contributed by atoms with Gasteiger partial charge in [0.2, 0.25) is 0 Å². The number of para-hydroxylation sites is 1. The standard InChI is InChI=1S/C12H11BrN4O2/c1-19-10-5-3-2-4-8(10)6-14-17-12(18)11-9(13)7-15-16-11/h2-7H,1H3,(H,15,16)(H,17,18)/b14-6-. The molecule has 0 radical (unpaired) electrons. The molecule has 0 unspecified atom stereocenters. The lowest BCUT2D eigenvalue weighted by molar-refractivity contribution is 0.0949. The lowest BCUT2D eigenvalue weighted by Crippen LogP contribution is -2.18. The van der Waals surface area contributed by atoms with E-state index in [1.54, 1.807) is 7.11 Å². The Morgan fingerprint density at radius 2 is 2.32 bits per heavy atom. The van der Waals surface area contributed by atoms with Crippen LogP contribution in [-0.2, 0) is 0 Å². The van der Waals surface area contributed by atoms with Gasteiger partial charge in [0.15, 0.2) is 0 Å². The van der Waals surface area contributed by atoms with E-state index in [1.807, 2.05) is 24.3 Å². The van der Waals surface area contributed by atoms with Gasteiger partial charge in [-0.1, -0.05) is 12.1 Å². The minimum absolute atomic E-state index is 0.317. The first-order valence-electron chi connectivity index (χ1n) is 5.37. The zero-order chi connectivity index (χ0) is 13.7.